The fourth-order valence-corrected chi connectivity index (χ4v) is 2.79. The van der Waals surface area contributed by atoms with E-state index in [1.54, 1.807) is 6.07 Å². The van der Waals surface area contributed by atoms with Crippen LogP contribution in [0.25, 0.3) is 0 Å². The van der Waals surface area contributed by atoms with Gasteiger partial charge in [0.1, 0.15) is 5.69 Å². The maximum Gasteiger partial charge on any atom is 0.270 e. The highest BCUT2D eigenvalue weighted by Gasteiger charge is 2.14. The number of benzene rings is 2. The van der Waals surface area contributed by atoms with E-state index in [9.17, 15) is 4.79 Å². The molecule has 27 heavy (non-hydrogen) atoms. The van der Waals surface area contributed by atoms with Gasteiger partial charge in [-0.25, -0.2) is 9.97 Å². The smallest absolute Gasteiger partial charge is 0.270 e. The molecule has 5 heteroatoms. The standard InChI is InChI=1S/C22H24N4O/c1-4-17-10-12-19(13-11-17)25-22-23-15(2)14-20(26-22)21(27)24-16(3)18-8-6-5-7-9-18/h5-14,16H,4H2,1-3H3,(H,24,27)(H,23,25,26). The van der Waals surface area contributed by atoms with Gasteiger partial charge in [-0.1, -0.05) is 49.4 Å². The summed E-state index contributed by atoms with van der Waals surface area (Å²) in [4.78, 5) is 21.4. The van der Waals surface area contributed by atoms with Gasteiger partial charge in [0.25, 0.3) is 5.91 Å². The number of hydrogen-bond donors (Lipinski definition) is 2. The first-order valence-corrected chi connectivity index (χ1v) is 9.12. The Hall–Kier alpha value is -3.21. The molecule has 0 saturated heterocycles. The van der Waals surface area contributed by atoms with Crippen LogP contribution in [-0.4, -0.2) is 15.9 Å². The lowest BCUT2D eigenvalue weighted by atomic mass is 10.1. The van der Waals surface area contributed by atoms with Gasteiger partial charge in [-0.05, 0) is 49.6 Å². The van der Waals surface area contributed by atoms with E-state index < -0.39 is 0 Å². The van der Waals surface area contributed by atoms with E-state index in [4.69, 9.17) is 0 Å². The van der Waals surface area contributed by atoms with Crippen molar-refractivity contribution in [3.8, 4) is 0 Å². The molecule has 0 fully saturated rings. The first-order valence-electron chi connectivity index (χ1n) is 9.12. The normalized spacial score (nSPS) is 11.7. The van der Waals surface area contributed by atoms with Crippen LogP contribution in [0.5, 0.6) is 0 Å². The van der Waals surface area contributed by atoms with Crippen LogP contribution < -0.4 is 10.6 Å². The molecule has 138 valence electrons. The summed E-state index contributed by atoms with van der Waals surface area (Å²) in [5.74, 6) is 0.193. The Morgan fingerprint density at radius 2 is 1.74 bits per heavy atom. The molecule has 0 aliphatic rings. The van der Waals surface area contributed by atoms with Crippen LogP contribution in [0.2, 0.25) is 0 Å². The zero-order chi connectivity index (χ0) is 19.2. The third-order valence-electron chi connectivity index (χ3n) is 4.35. The topological polar surface area (TPSA) is 66.9 Å². The molecule has 1 aromatic heterocycles. The second-order valence-electron chi connectivity index (χ2n) is 6.50. The second kappa shape index (κ2) is 8.45. The molecule has 1 unspecified atom stereocenters. The average Bonchev–Trinajstić information content (AvgIpc) is 2.68. The summed E-state index contributed by atoms with van der Waals surface area (Å²) in [6.45, 7) is 5.92. The summed E-state index contributed by atoms with van der Waals surface area (Å²) in [6, 6.07) is 19.5. The lowest BCUT2D eigenvalue weighted by Crippen LogP contribution is -2.27. The monoisotopic (exact) mass is 360 g/mol. The summed E-state index contributed by atoms with van der Waals surface area (Å²) >= 11 is 0. The number of carbonyl (C=O) groups excluding carboxylic acids is 1. The second-order valence-corrected chi connectivity index (χ2v) is 6.50. The van der Waals surface area contributed by atoms with Crippen molar-refractivity contribution in [2.45, 2.75) is 33.2 Å². The lowest BCUT2D eigenvalue weighted by molar-refractivity contribution is 0.0934. The summed E-state index contributed by atoms with van der Waals surface area (Å²) in [5, 5.41) is 6.16. The van der Waals surface area contributed by atoms with Gasteiger partial charge in [0.15, 0.2) is 0 Å². The Labute approximate surface area is 159 Å². The number of anilines is 2. The molecule has 0 saturated carbocycles. The number of nitrogens with zero attached hydrogens (tertiary/aromatic N) is 2. The molecular weight excluding hydrogens is 336 g/mol. The summed E-state index contributed by atoms with van der Waals surface area (Å²) in [7, 11) is 0. The van der Waals surface area contributed by atoms with E-state index in [2.05, 4.69) is 39.7 Å². The van der Waals surface area contributed by atoms with E-state index in [1.165, 1.54) is 5.56 Å². The minimum absolute atomic E-state index is 0.105. The van der Waals surface area contributed by atoms with Crippen molar-refractivity contribution in [1.82, 2.24) is 15.3 Å². The lowest BCUT2D eigenvalue weighted by Gasteiger charge is -2.14. The maximum atomic E-state index is 12.6. The molecule has 0 radical (unpaired) electrons. The summed E-state index contributed by atoms with van der Waals surface area (Å²) in [6.07, 6.45) is 0.991. The minimum Gasteiger partial charge on any atom is -0.344 e. The van der Waals surface area contributed by atoms with Crippen LogP contribution in [0, 0.1) is 6.92 Å². The van der Waals surface area contributed by atoms with Crippen molar-refractivity contribution >= 4 is 17.5 Å². The van der Waals surface area contributed by atoms with Gasteiger partial charge >= 0.3 is 0 Å². The van der Waals surface area contributed by atoms with Crippen molar-refractivity contribution in [3.05, 3.63) is 83.2 Å². The fraction of sp³-hybridized carbons (Fsp3) is 0.227. The van der Waals surface area contributed by atoms with Gasteiger partial charge < -0.3 is 10.6 Å². The number of carbonyl (C=O) groups is 1. The van der Waals surface area contributed by atoms with Crippen LogP contribution in [0.3, 0.4) is 0 Å². The Kier molecular flexibility index (Phi) is 5.81. The highest BCUT2D eigenvalue weighted by atomic mass is 16.1. The number of aromatic nitrogens is 2. The number of rotatable bonds is 6. The van der Waals surface area contributed by atoms with Gasteiger partial charge in [-0.2, -0.15) is 0 Å². The number of aryl methyl sites for hydroxylation is 2. The average molecular weight is 360 g/mol. The molecule has 1 atom stereocenters. The third kappa shape index (κ3) is 4.91. The quantitative estimate of drug-likeness (QED) is 0.675. The zero-order valence-electron chi connectivity index (χ0n) is 15.9. The van der Waals surface area contributed by atoms with Crippen LogP contribution >= 0.6 is 0 Å². The molecule has 0 bridgehead atoms. The molecule has 0 spiro atoms. The first kappa shape index (κ1) is 18.6. The number of hydrogen-bond acceptors (Lipinski definition) is 4. The number of amides is 1. The largest absolute Gasteiger partial charge is 0.344 e. The van der Waals surface area contributed by atoms with Crippen LogP contribution in [-0.2, 0) is 6.42 Å². The first-order chi connectivity index (χ1) is 13.0. The Bertz CT molecular complexity index is 907. The van der Waals surface area contributed by atoms with E-state index in [1.807, 2.05) is 56.3 Å². The molecule has 5 nitrogen and oxygen atoms in total. The fourth-order valence-electron chi connectivity index (χ4n) is 2.79. The van der Waals surface area contributed by atoms with Gasteiger partial charge in [0.05, 0.1) is 6.04 Å². The van der Waals surface area contributed by atoms with Gasteiger partial charge in [0.2, 0.25) is 5.95 Å². The van der Waals surface area contributed by atoms with Crippen LogP contribution in [0.15, 0.2) is 60.7 Å². The molecule has 1 heterocycles. The zero-order valence-corrected chi connectivity index (χ0v) is 15.9. The van der Waals surface area contributed by atoms with E-state index >= 15 is 0 Å². The van der Waals surface area contributed by atoms with Crippen molar-refractivity contribution in [1.29, 1.82) is 0 Å². The number of nitrogens with one attached hydrogen (secondary N) is 2. The molecule has 2 aromatic carbocycles. The molecular formula is C22H24N4O. The highest BCUT2D eigenvalue weighted by Crippen LogP contribution is 2.16. The molecule has 3 rings (SSSR count). The summed E-state index contributed by atoms with van der Waals surface area (Å²) < 4.78 is 0. The molecule has 0 aliphatic carbocycles. The van der Waals surface area contributed by atoms with Crippen molar-refractivity contribution in [3.63, 3.8) is 0 Å². The van der Waals surface area contributed by atoms with E-state index in [0.29, 0.717) is 11.6 Å². The van der Waals surface area contributed by atoms with Crippen molar-refractivity contribution in [2.75, 3.05) is 5.32 Å². The van der Waals surface area contributed by atoms with Gasteiger partial charge in [-0.15, -0.1) is 0 Å². The third-order valence-corrected chi connectivity index (χ3v) is 4.35. The minimum atomic E-state index is -0.221. The Morgan fingerprint density at radius 3 is 2.41 bits per heavy atom. The Balaban J connectivity index is 1.74. The van der Waals surface area contributed by atoms with Crippen molar-refractivity contribution < 1.29 is 4.79 Å². The van der Waals surface area contributed by atoms with Crippen LogP contribution in [0.1, 0.15) is 47.2 Å². The summed E-state index contributed by atoms with van der Waals surface area (Å²) in [5.41, 5.74) is 4.28. The maximum absolute atomic E-state index is 12.6. The van der Waals surface area contributed by atoms with Gasteiger partial charge in [0, 0.05) is 11.4 Å². The SMILES string of the molecule is CCc1ccc(Nc2nc(C)cc(C(=O)NC(C)c3ccccc3)n2)cc1. The van der Waals surface area contributed by atoms with E-state index in [-0.39, 0.29) is 11.9 Å². The highest BCUT2D eigenvalue weighted by molar-refractivity contribution is 5.93. The molecule has 3 aromatic rings. The predicted molar refractivity (Wildman–Crippen MR) is 108 cm³/mol. The van der Waals surface area contributed by atoms with Crippen LogP contribution in [0.4, 0.5) is 11.6 Å². The van der Waals surface area contributed by atoms with Gasteiger partial charge in [-0.3, -0.25) is 4.79 Å². The molecule has 1 amide bonds. The Morgan fingerprint density at radius 1 is 1.04 bits per heavy atom. The van der Waals surface area contributed by atoms with Crippen molar-refractivity contribution in [2.24, 2.45) is 0 Å². The molecule has 2 N–H and O–H groups in total. The van der Waals surface area contributed by atoms with E-state index in [0.717, 1.165) is 23.4 Å². The predicted octanol–water partition coefficient (Wildman–Crippen LogP) is 4.58. The molecule has 0 aliphatic heterocycles.